The Morgan fingerprint density at radius 1 is 0.160 bits per heavy atom. The molecule has 9 rings (SSSR count). The van der Waals surface area contributed by atoms with Crippen molar-refractivity contribution < 1.29 is 0 Å². The van der Waals surface area contributed by atoms with Gasteiger partial charge in [-0.15, -0.1) is 0 Å². The van der Waals surface area contributed by atoms with Crippen LogP contribution in [0.2, 0.25) is 0 Å². The summed E-state index contributed by atoms with van der Waals surface area (Å²) in [5, 5.41) is 5.05. The minimum atomic E-state index is 1.21. The second-order valence-corrected chi connectivity index (χ2v) is 12.9. The topological polar surface area (TPSA) is 0 Å². The molecule has 0 N–H and O–H groups in total. The van der Waals surface area contributed by atoms with E-state index in [-0.39, 0.29) is 0 Å². The normalized spacial score (nSPS) is 11.2. The van der Waals surface area contributed by atoms with Crippen molar-refractivity contribution in [2.24, 2.45) is 0 Å². The Balaban J connectivity index is 1.13. The molecule has 0 nitrogen and oxygen atoms in total. The molecule has 0 amide bonds. The summed E-state index contributed by atoms with van der Waals surface area (Å²) in [6.07, 6.45) is 0. The summed E-state index contributed by atoms with van der Waals surface area (Å²) in [5.41, 5.74) is 14.8. The fraction of sp³-hybridized carbons (Fsp3) is 0. The first-order valence-corrected chi connectivity index (χ1v) is 17.3. The highest BCUT2D eigenvalue weighted by atomic mass is 14.2. The van der Waals surface area contributed by atoms with Crippen molar-refractivity contribution >= 4 is 21.5 Å². The fourth-order valence-corrected chi connectivity index (χ4v) is 7.43. The summed E-state index contributed by atoms with van der Waals surface area (Å²) in [6, 6.07) is 74.8. The summed E-state index contributed by atoms with van der Waals surface area (Å²) in [6.45, 7) is 0. The highest BCUT2D eigenvalue weighted by molar-refractivity contribution is 6.21. The van der Waals surface area contributed by atoms with Crippen LogP contribution in [0.1, 0.15) is 0 Å². The number of benzene rings is 9. The quantitative estimate of drug-likeness (QED) is 0.160. The number of rotatable bonds is 6. The molecule has 0 aliphatic heterocycles. The smallest absolute Gasteiger partial charge is 0.00262 e. The minimum absolute atomic E-state index is 1.21. The second kappa shape index (κ2) is 12.8. The van der Waals surface area contributed by atoms with Crippen LogP contribution in [-0.2, 0) is 0 Å². The van der Waals surface area contributed by atoms with E-state index in [1.807, 2.05) is 0 Å². The molecule has 9 aromatic rings. The van der Waals surface area contributed by atoms with E-state index in [1.165, 1.54) is 88.3 Å². The van der Waals surface area contributed by atoms with Gasteiger partial charge in [-0.25, -0.2) is 0 Å². The molecular weight excluding hydrogens is 601 g/mol. The maximum atomic E-state index is 2.35. The monoisotopic (exact) mass is 634 g/mol. The molecule has 0 fully saturated rings. The average molecular weight is 635 g/mol. The SMILES string of the molecule is c1ccc(-c2ccc(-c3cccc(-c4c5ccccc5c(-c5ccc(-c6cccc(-c7ccccc7)c6)cc5)c5ccccc45)c3)cc2)cc1. The van der Waals surface area contributed by atoms with Crippen LogP contribution in [-0.4, -0.2) is 0 Å². The van der Waals surface area contributed by atoms with Crippen molar-refractivity contribution in [3.8, 4) is 66.8 Å². The van der Waals surface area contributed by atoms with Crippen LogP contribution in [0, 0.1) is 0 Å². The molecule has 0 unspecified atom stereocenters. The molecule has 0 aliphatic rings. The van der Waals surface area contributed by atoms with E-state index in [0.717, 1.165) is 0 Å². The zero-order valence-electron chi connectivity index (χ0n) is 27.6. The van der Waals surface area contributed by atoms with E-state index in [9.17, 15) is 0 Å². The Morgan fingerprint density at radius 2 is 0.420 bits per heavy atom. The van der Waals surface area contributed by atoms with Crippen LogP contribution in [0.5, 0.6) is 0 Å². The molecule has 9 aromatic carbocycles. The molecule has 0 heteroatoms. The van der Waals surface area contributed by atoms with Gasteiger partial charge in [0, 0.05) is 0 Å². The first-order valence-electron chi connectivity index (χ1n) is 17.3. The Bertz CT molecular complexity index is 2540. The lowest BCUT2D eigenvalue weighted by molar-refractivity contribution is 1.58. The van der Waals surface area contributed by atoms with Crippen LogP contribution in [0.15, 0.2) is 206 Å². The van der Waals surface area contributed by atoms with E-state index in [1.54, 1.807) is 0 Å². The van der Waals surface area contributed by atoms with Gasteiger partial charge in [-0.05, 0) is 100 Å². The molecule has 0 aliphatic carbocycles. The van der Waals surface area contributed by atoms with Crippen molar-refractivity contribution in [2.75, 3.05) is 0 Å². The van der Waals surface area contributed by atoms with Gasteiger partial charge >= 0.3 is 0 Å². The first-order chi connectivity index (χ1) is 24.8. The van der Waals surface area contributed by atoms with E-state index in [2.05, 4.69) is 206 Å². The van der Waals surface area contributed by atoms with E-state index in [4.69, 9.17) is 0 Å². The van der Waals surface area contributed by atoms with Crippen LogP contribution < -0.4 is 0 Å². The summed E-state index contributed by atoms with van der Waals surface area (Å²) >= 11 is 0. The van der Waals surface area contributed by atoms with Gasteiger partial charge in [0.1, 0.15) is 0 Å². The van der Waals surface area contributed by atoms with Crippen LogP contribution in [0.4, 0.5) is 0 Å². The third-order valence-electron chi connectivity index (χ3n) is 9.88. The van der Waals surface area contributed by atoms with Gasteiger partial charge in [0.05, 0.1) is 0 Å². The molecular formula is C50H34. The maximum absolute atomic E-state index is 2.35. The second-order valence-electron chi connectivity index (χ2n) is 12.9. The standard InChI is InChI=1S/C50H34/c1-3-13-35(14-4-1)37-25-27-38(28-26-37)43-19-12-20-44(34-43)50-47-23-9-7-21-45(47)49(46-22-8-10-24-48(46)50)40-31-29-39(30-32-40)42-18-11-17-41(33-42)36-15-5-2-6-16-36/h1-34H. The van der Waals surface area contributed by atoms with Gasteiger partial charge in [-0.1, -0.05) is 194 Å². The fourth-order valence-electron chi connectivity index (χ4n) is 7.43. The van der Waals surface area contributed by atoms with Crippen molar-refractivity contribution in [1.29, 1.82) is 0 Å². The van der Waals surface area contributed by atoms with Crippen molar-refractivity contribution in [3.05, 3.63) is 206 Å². The molecule has 50 heavy (non-hydrogen) atoms. The molecule has 0 aromatic heterocycles. The third kappa shape index (κ3) is 5.48. The predicted molar refractivity (Wildman–Crippen MR) is 214 cm³/mol. The molecule has 0 radical (unpaired) electrons. The van der Waals surface area contributed by atoms with Crippen LogP contribution in [0.25, 0.3) is 88.3 Å². The highest BCUT2D eigenvalue weighted by Crippen LogP contribution is 2.44. The Labute approximate surface area is 293 Å². The molecule has 0 saturated carbocycles. The van der Waals surface area contributed by atoms with Gasteiger partial charge in [0.15, 0.2) is 0 Å². The maximum Gasteiger partial charge on any atom is -0.00262 e. The van der Waals surface area contributed by atoms with Gasteiger partial charge in [-0.2, -0.15) is 0 Å². The number of fused-ring (bicyclic) bond motifs is 2. The van der Waals surface area contributed by atoms with E-state index < -0.39 is 0 Å². The molecule has 0 heterocycles. The lowest BCUT2D eigenvalue weighted by Crippen LogP contribution is -1.91. The zero-order chi connectivity index (χ0) is 33.3. The summed E-state index contributed by atoms with van der Waals surface area (Å²) in [7, 11) is 0. The largest absolute Gasteiger partial charge is 0.0622 e. The average Bonchev–Trinajstić information content (AvgIpc) is 3.21. The highest BCUT2D eigenvalue weighted by Gasteiger charge is 2.17. The predicted octanol–water partition coefficient (Wildman–Crippen LogP) is 14.0. The molecule has 0 bridgehead atoms. The van der Waals surface area contributed by atoms with Crippen molar-refractivity contribution in [2.45, 2.75) is 0 Å². The molecule has 0 saturated heterocycles. The summed E-state index contributed by atoms with van der Waals surface area (Å²) < 4.78 is 0. The lowest BCUT2D eigenvalue weighted by Gasteiger charge is -2.18. The lowest BCUT2D eigenvalue weighted by atomic mass is 9.85. The molecule has 0 atom stereocenters. The zero-order valence-corrected chi connectivity index (χ0v) is 27.6. The van der Waals surface area contributed by atoms with Crippen molar-refractivity contribution in [1.82, 2.24) is 0 Å². The van der Waals surface area contributed by atoms with Gasteiger partial charge in [0.2, 0.25) is 0 Å². The summed E-state index contributed by atoms with van der Waals surface area (Å²) in [4.78, 5) is 0. The van der Waals surface area contributed by atoms with Gasteiger partial charge < -0.3 is 0 Å². The Hall–Kier alpha value is -6.50. The van der Waals surface area contributed by atoms with Gasteiger partial charge in [-0.3, -0.25) is 0 Å². The van der Waals surface area contributed by atoms with Crippen LogP contribution >= 0.6 is 0 Å². The van der Waals surface area contributed by atoms with Gasteiger partial charge in [0.25, 0.3) is 0 Å². The van der Waals surface area contributed by atoms with E-state index >= 15 is 0 Å². The Morgan fingerprint density at radius 3 is 0.860 bits per heavy atom. The number of hydrogen-bond donors (Lipinski definition) is 0. The molecule has 0 spiro atoms. The van der Waals surface area contributed by atoms with Crippen LogP contribution in [0.3, 0.4) is 0 Å². The number of hydrogen-bond acceptors (Lipinski definition) is 0. The van der Waals surface area contributed by atoms with E-state index in [0.29, 0.717) is 0 Å². The third-order valence-corrected chi connectivity index (χ3v) is 9.88. The Kier molecular flexibility index (Phi) is 7.61. The first kappa shape index (κ1) is 29.6. The van der Waals surface area contributed by atoms with Crippen molar-refractivity contribution in [3.63, 3.8) is 0 Å². The minimum Gasteiger partial charge on any atom is -0.0622 e. The summed E-state index contributed by atoms with van der Waals surface area (Å²) in [5.74, 6) is 0. The molecule has 234 valence electrons.